The molecule has 23 heavy (non-hydrogen) atoms. The van der Waals surface area contributed by atoms with Gasteiger partial charge in [0.15, 0.2) is 11.3 Å². The summed E-state index contributed by atoms with van der Waals surface area (Å²) in [6.07, 6.45) is 4.86. The van der Waals surface area contributed by atoms with Crippen LogP contribution in [0.3, 0.4) is 0 Å². The highest BCUT2D eigenvalue weighted by Gasteiger charge is 2.58. The molecule has 6 heteroatoms. The molecule has 1 aliphatic rings. The van der Waals surface area contributed by atoms with Gasteiger partial charge in [-0.2, -0.15) is 0 Å². The van der Waals surface area contributed by atoms with Crippen LogP contribution in [0.15, 0.2) is 11.6 Å². The van der Waals surface area contributed by atoms with Gasteiger partial charge in [-0.05, 0) is 53.4 Å². The quantitative estimate of drug-likeness (QED) is 0.501. The predicted octanol–water partition coefficient (Wildman–Crippen LogP) is 3.30. The topological polar surface area (TPSA) is 87.1 Å². The zero-order chi connectivity index (χ0) is 17.7. The molecule has 0 saturated carbocycles. The molecule has 0 aromatic carbocycles. The molecule has 0 aliphatic carbocycles. The number of carbonyl (C=O) groups excluding carboxylic acids is 1. The van der Waals surface area contributed by atoms with Gasteiger partial charge < -0.3 is 14.9 Å². The molecule has 2 atom stereocenters. The maximum absolute atomic E-state index is 12.1. The summed E-state index contributed by atoms with van der Waals surface area (Å²) in [5.74, 6) is -0.815. The highest BCUT2D eigenvalue weighted by molar-refractivity contribution is 5.72. The molecule has 0 aromatic heterocycles. The molecule has 1 rings (SSSR count). The van der Waals surface area contributed by atoms with Crippen LogP contribution >= 0.6 is 0 Å². The second-order valence-corrected chi connectivity index (χ2v) is 6.80. The van der Waals surface area contributed by atoms with E-state index in [2.05, 4.69) is 6.08 Å². The molecular formula is C17H29NO5. The fraction of sp³-hybridized carbons (Fsp3) is 0.765. The first-order chi connectivity index (χ1) is 10.6. The number of aliphatic hydroxyl groups is 1. The van der Waals surface area contributed by atoms with Gasteiger partial charge in [-0.3, -0.25) is 9.69 Å². The Balaban J connectivity index is 2.59. The molecule has 1 heterocycles. The number of ether oxygens (including phenoxy) is 1. The van der Waals surface area contributed by atoms with Crippen LogP contribution in [0.2, 0.25) is 0 Å². The summed E-state index contributed by atoms with van der Waals surface area (Å²) in [4.78, 5) is 23.9. The van der Waals surface area contributed by atoms with Crippen molar-refractivity contribution in [1.82, 2.24) is 4.90 Å². The lowest BCUT2D eigenvalue weighted by molar-refractivity contribution is -0.139. The molecule has 1 aliphatic heterocycles. The molecular weight excluding hydrogens is 298 g/mol. The van der Waals surface area contributed by atoms with Crippen LogP contribution < -0.4 is 0 Å². The molecule has 2 N–H and O–H groups in total. The summed E-state index contributed by atoms with van der Waals surface area (Å²) in [5.41, 5.74) is -1.13. The molecule has 1 saturated heterocycles. The number of carboxylic acids is 1. The van der Waals surface area contributed by atoms with E-state index >= 15 is 0 Å². The molecule has 6 nitrogen and oxygen atoms in total. The minimum absolute atomic E-state index is 0.126. The fourth-order valence-electron chi connectivity index (χ4n) is 2.76. The average Bonchev–Trinajstić information content (AvgIpc) is 2.56. The van der Waals surface area contributed by atoms with E-state index < -0.39 is 23.4 Å². The second-order valence-electron chi connectivity index (χ2n) is 6.80. The number of hydrogen-bond acceptors (Lipinski definition) is 4. The van der Waals surface area contributed by atoms with E-state index in [1.165, 1.54) is 10.5 Å². The molecule has 0 unspecified atom stereocenters. The van der Waals surface area contributed by atoms with Gasteiger partial charge >= 0.3 is 12.1 Å². The second kappa shape index (κ2) is 7.81. The third-order valence-corrected chi connectivity index (χ3v) is 4.51. The number of amides is 1. The summed E-state index contributed by atoms with van der Waals surface area (Å²) >= 11 is 0. The molecule has 0 bridgehead atoms. The number of nitrogens with zero attached hydrogens (tertiary/aromatic N) is 1. The molecule has 1 amide bonds. The van der Waals surface area contributed by atoms with Crippen molar-refractivity contribution in [3.63, 3.8) is 0 Å². The van der Waals surface area contributed by atoms with E-state index in [1.807, 2.05) is 13.8 Å². The molecule has 0 radical (unpaired) electrons. The van der Waals surface area contributed by atoms with Crippen LogP contribution in [0.5, 0.6) is 0 Å². The van der Waals surface area contributed by atoms with Gasteiger partial charge in [-0.15, -0.1) is 0 Å². The van der Waals surface area contributed by atoms with Crippen molar-refractivity contribution in [1.29, 1.82) is 0 Å². The number of aliphatic carboxylic acids is 1. The van der Waals surface area contributed by atoms with E-state index in [1.54, 1.807) is 13.8 Å². The minimum Gasteiger partial charge on any atom is -0.481 e. The largest absolute Gasteiger partial charge is 0.481 e. The molecule has 0 aromatic rings. The van der Waals surface area contributed by atoms with Gasteiger partial charge in [0.25, 0.3) is 0 Å². The minimum atomic E-state index is -1.37. The number of cyclic esters (lactones) is 1. The Morgan fingerprint density at radius 1 is 1.26 bits per heavy atom. The Hall–Kier alpha value is -1.56. The highest BCUT2D eigenvalue weighted by Crippen LogP contribution is 2.40. The van der Waals surface area contributed by atoms with Gasteiger partial charge in [0.1, 0.15) is 0 Å². The Kier molecular flexibility index (Phi) is 6.62. The maximum atomic E-state index is 12.1. The van der Waals surface area contributed by atoms with E-state index in [0.717, 1.165) is 6.42 Å². The number of hydrogen-bond donors (Lipinski definition) is 2. The summed E-state index contributed by atoms with van der Waals surface area (Å²) in [5, 5.41) is 19.4. The Labute approximate surface area is 138 Å². The summed E-state index contributed by atoms with van der Waals surface area (Å²) in [6.45, 7) is 7.74. The van der Waals surface area contributed by atoms with Gasteiger partial charge in [0.2, 0.25) is 0 Å². The normalized spacial score (nSPS) is 27.0. The first kappa shape index (κ1) is 19.5. The van der Waals surface area contributed by atoms with Gasteiger partial charge in [0, 0.05) is 13.0 Å². The summed E-state index contributed by atoms with van der Waals surface area (Å²) < 4.78 is 5.47. The van der Waals surface area contributed by atoms with Crippen molar-refractivity contribution in [2.45, 2.75) is 77.5 Å². The standard InChI is InChI=1S/C17H29NO5/c1-13(2)9-8-11-16(3)17(4,22)18(15(21)23-16)12-7-5-6-10-14(19)20/h9,22H,5-8,10-12H2,1-4H3,(H,19,20)/t16-,17-/m0/s1. The molecule has 132 valence electrons. The van der Waals surface area contributed by atoms with E-state index in [0.29, 0.717) is 32.2 Å². The smallest absolute Gasteiger partial charge is 0.412 e. The lowest BCUT2D eigenvalue weighted by Gasteiger charge is -2.37. The third kappa shape index (κ3) is 4.96. The Bertz CT molecular complexity index is 468. The molecule has 0 spiro atoms. The van der Waals surface area contributed by atoms with Crippen LogP contribution in [-0.4, -0.2) is 45.0 Å². The molecule has 1 fully saturated rings. The van der Waals surface area contributed by atoms with Crippen molar-refractivity contribution in [2.75, 3.05) is 6.54 Å². The van der Waals surface area contributed by atoms with Gasteiger partial charge in [0.05, 0.1) is 0 Å². The number of unbranched alkanes of at least 4 members (excludes halogenated alkanes) is 2. The van der Waals surface area contributed by atoms with Crippen LogP contribution in [0.25, 0.3) is 0 Å². The van der Waals surface area contributed by atoms with Crippen molar-refractivity contribution in [3.05, 3.63) is 11.6 Å². The van der Waals surface area contributed by atoms with Gasteiger partial charge in [-0.25, -0.2) is 4.79 Å². The SMILES string of the molecule is CC(C)=CCC[C@]1(C)OC(=O)N(CCCCCC(=O)O)[C@@]1(C)O. The van der Waals surface area contributed by atoms with Crippen LogP contribution in [0.1, 0.15) is 66.2 Å². The van der Waals surface area contributed by atoms with E-state index in [9.17, 15) is 14.7 Å². The highest BCUT2D eigenvalue weighted by atomic mass is 16.6. The van der Waals surface area contributed by atoms with Crippen LogP contribution in [0.4, 0.5) is 4.79 Å². The number of rotatable bonds is 9. The first-order valence-electron chi connectivity index (χ1n) is 8.18. The summed E-state index contributed by atoms with van der Waals surface area (Å²) in [6, 6.07) is 0. The van der Waals surface area contributed by atoms with Gasteiger partial charge in [-0.1, -0.05) is 18.1 Å². The zero-order valence-corrected chi connectivity index (χ0v) is 14.6. The monoisotopic (exact) mass is 327 g/mol. The van der Waals surface area contributed by atoms with Crippen molar-refractivity contribution >= 4 is 12.1 Å². The number of carboxylic acid groups (broad SMARTS) is 1. The predicted molar refractivity (Wildman–Crippen MR) is 87.0 cm³/mol. The maximum Gasteiger partial charge on any atom is 0.412 e. The van der Waals surface area contributed by atoms with Crippen molar-refractivity contribution in [2.24, 2.45) is 0 Å². The number of carbonyl (C=O) groups is 2. The lowest BCUT2D eigenvalue weighted by Crippen LogP contribution is -2.55. The fourth-order valence-corrected chi connectivity index (χ4v) is 2.76. The Morgan fingerprint density at radius 3 is 2.48 bits per heavy atom. The Morgan fingerprint density at radius 2 is 1.91 bits per heavy atom. The van der Waals surface area contributed by atoms with Crippen molar-refractivity contribution < 1.29 is 24.5 Å². The average molecular weight is 327 g/mol. The number of allylic oxidation sites excluding steroid dienone is 2. The summed E-state index contributed by atoms with van der Waals surface area (Å²) in [7, 11) is 0. The van der Waals surface area contributed by atoms with E-state index in [-0.39, 0.29) is 6.42 Å². The van der Waals surface area contributed by atoms with Crippen LogP contribution in [-0.2, 0) is 9.53 Å². The first-order valence-corrected chi connectivity index (χ1v) is 8.18. The van der Waals surface area contributed by atoms with Crippen molar-refractivity contribution in [3.8, 4) is 0 Å². The van der Waals surface area contributed by atoms with Crippen LogP contribution in [0, 0.1) is 0 Å². The van der Waals surface area contributed by atoms with E-state index in [4.69, 9.17) is 9.84 Å². The zero-order valence-electron chi connectivity index (χ0n) is 14.6. The third-order valence-electron chi connectivity index (χ3n) is 4.51. The lowest BCUT2D eigenvalue weighted by atomic mass is 9.88.